The first-order valence-corrected chi connectivity index (χ1v) is 6.53. The number of carbonyl (C=O) groups is 2. The van der Waals surface area contributed by atoms with E-state index in [1.54, 1.807) is 6.92 Å². The number of nitro groups is 1. The summed E-state index contributed by atoms with van der Waals surface area (Å²) < 4.78 is 0. The Kier molecular flexibility index (Phi) is 5.43. The number of aliphatic carboxylic acids is 1. The lowest BCUT2D eigenvalue weighted by molar-refractivity contribution is -0.380. The van der Waals surface area contributed by atoms with E-state index < -0.39 is 10.9 Å². The van der Waals surface area contributed by atoms with Crippen LogP contribution >= 0.6 is 11.3 Å². The molecule has 1 aromatic rings. The van der Waals surface area contributed by atoms with Gasteiger partial charge in [-0.1, -0.05) is 11.3 Å². The number of carbonyl (C=O) groups excluding carboxylic acids is 1. The predicted molar refractivity (Wildman–Crippen MR) is 69.4 cm³/mol. The highest BCUT2D eigenvalue weighted by Gasteiger charge is 2.16. The summed E-state index contributed by atoms with van der Waals surface area (Å²) in [5, 5.41) is 23.0. The number of carboxylic acids is 1. The van der Waals surface area contributed by atoms with Crippen LogP contribution in [0, 0.1) is 10.1 Å². The van der Waals surface area contributed by atoms with E-state index in [4.69, 9.17) is 5.11 Å². The zero-order chi connectivity index (χ0) is 14.4. The summed E-state index contributed by atoms with van der Waals surface area (Å²) in [6, 6.07) is 1.05. The van der Waals surface area contributed by atoms with E-state index in [1.165, 1.54) is 11.4 Å². The normalized spacial score (nSPS) is 11.8. The maximum absolute atomic E-state index is 11.7. The summed E-state index contributed by atoms with van der Waals surface area (Å²) in [4.78, 5) is 32.0. The molecule has 1 aromatic heterocycles. The zero-order valence-corrected chi connectivity index (χ0v) is 11.1. The summed E-state index contributed by atoms with van der Waals surface area (Å²) >= 11 is 0.897. The quantitative estimate of drug-likeness (QED) is 0.588. The van der Waals surface area contributed by atoms with Gasteiger partial charge in [0.1, 0.15) is 0 Å². The molecule has 19 heavy (non-hydrogen) atoms. The largest absolute Gasteiger partial charge is 0.481 e. The van der Waals surface area contributed by atoms with Crippen molar-refractivity contribution in [1.29, 1.82) is 0 Å². The third-order valence-electron chi connectivity index (χ3n) is 2.43. The van der Waals surface area contributed by atoms with Crippen LogP contribution < -0.4 is 5.32 Å². The van der Waals surface area contributed by atoms with Crippen LogP contribution in [-0.4, -0.2) is 27.9 Å². The van der Waals surface area contributed by atoms with Crippen molar-refractivity contribution in [3.8, 4) is 0 Å². The van der Waals surface area contributed by atoms with Crippen LogP contribution in [-0.2, 0) is 4.79 Å². The topological polar surface area (TPSA) is 110 Å². The van der Waals surface area contributed by atoms with E-state index in [0.717, 1.165) is 11.3 Å². The molecule has 2 N–H and O–H groups in total. The van der Waals surface area contributed by atoms with E-state index in [2.05, 4.69) is 5.32 Å². The third-order valence-corrected chi connectivity index (χ3v) is 3.31. The highest BCUT2D eigenvalue weighted by Crippen LogP contribution is 2.22. The minimum absolute atomic E-state index is 0.0597. The number of thiophene rings is 1. The van der Waals surface area contributed by atoms with E-state index in [0.29, 0.717) is 12.8 Å². The molecule has 0 bridgehead atoms. The third kappa shape index (κ3) is 5.04. The molecule has 0 spiro atoms. The highest BCUT2D eigenvalue weighted by molar-refractivity contribution is 7.13. The standard InChI is InChI=1S/C11H14N2O5S/c1-7(3-2-4-10(14)15)12-11(16)8-5-9(13(17)18)19-6-8/h5-7H,2-4H2,1H3,(H,12,16)(H,14,15). The molecule has 1 heterocycles. The number of hydrogen-bond donors (Lipinski definition) is 2. The van der Waals surface area contributed by atoms with Crippen LogP contribution in [0.5, 0.6) is 0 Å². The fourth-order valence-electron chi connectivity index (χ4n) is 1.48. The van der Waals surface area contributed by atoms with Gasteiger partial charge in [0.15, 0.2) is 0 Å². The van der Waals surface area contributed by atoms with E-state index in [-0.39, 0.29) is 28.9 Å². The summed E-state index contributed by atoms with van der Waals surface area (Å²) in [7, 11) is 0. The minimum Gasteiger partial charge on any atom is -0.481 e. The molecule has 1 unspecified atom stereocenters. The van der Waals surface area contributed by atoms with Crippen molar-refractivity contribution in [1.82, 2.24) is 5.32 Å². The van der Waals surface area contributed by atoms with Crippen molar-refractivity contribution in [2.24, 2.45) is 0 Å². The number of nitrogens with one attached hydrogen (secondary N) is 1. The van der Waals surface area contributed by atoms with E-state index in [9.17, 15) is 19.7 Å². The van der Waals surface area contributed by atoms with Crippen LogP contribution in [0.3, 0.4) is 0 Å². The maximum atomic E-state index is 11.7. The predicted octanol–water partition coefficient (Wildman–Crippen LogP) is 2.03. The molecular weight excluding hydrogens is 272 g/mol. The van der Waals surface area contributed by atoms with Gasteiger partial charge in [-0.3, -0.25) is 19.7 Å². The molecule has 104 valence electrons. The van der Waals surface area contributed by atoms with Gasteiger partial charge in [-0.25, -0.2) is 0 Å². The van der Waals surface area contributed by atoms with Crippen molar-refractivity contribution < 1.29 is 19.6 Å². The van der Waals surface area contributed by atoms with Gasteiger partial charge < -0.3 is 10.4 Å². The fourth-order valence-corrected chi connectivity index (χ4v) is 2.18. The van der Waals surface area contributed by atoms with Crippen LogP contribution in [0.2, 0.25) is 0 Å². The molecule has 7 nitrogen and oxygen atoms in total. The van der Waals surface area contributed by atoms with Gasteiger partial charge in [-0.05, 0) is 19.8 Å². The smallest absolute Gasteiger partial charge is 0.324 e. The lowest BCUT2D eigenvalue weighted by Gasteiger charge is -2.12. The number of amides is 1. The second-order valence-corrected chi connectivity index (χ2v) is 4.98. The number of hydrogen-bond acceptors (Lipinski definition) is 5. The van der Waals surface area contributed by atoms with Crippen LogP contribution in [0.25, 0.3) is 0 Å². The number of carboxylic acid groups (broad SMARTS) is 1. The van der Waals surface area contributed by atoms with Gasteiger partial charge >= 0.3 is 11.0 Å². The van der Waals surface area contributed by atoms with Gasteiger partial charge in [-0.2, -0.15) is 0 Å². The molecular formula is C11H14N2O5S. The maximum Gasteiger partial charge on any atom is 0.324 e. The van der Waals surface area contributed by atoms with Gasteiger partial charge in [-0.15, -0.1) is 0 Å². The van der Waals surface area contributed by atoms with E-state index in [1.807, 2.05) is 0 Å². The average Bonchev–Trinajstić information content (AvgIpc) is 2.77. The highest BCUT2D eigenvalue weighted by atomic mass is 32.1. The summed E-state index contributed by atoms with van der Waals surface area (Å²) in [5.74, 6) is -1.25. The van der Waals surface area contributed by atoms with Crippen molar-refractivity contribution in [2.75, 3.05) is 0 Å². The minimum atomic E-state index is -0.869. The lowest BCUT2D eigenvalue weighted by Crippen LogP contribution is -2.32. The SMILES string of the molecule is CC(CCCC(=O)O)NC(=O)c1csc([N+](=O)[O-])c1. The second kappa shape index (κ2) is 6.83. The Morgan fingerprint density at radius 2 is 2.26 bits per heavy atom. The van der Waals surface area contributed by atoms with Crippen LogP contribution in [0.1, 0.15) is 36.5 Å². The van der Waals surface area contributed by atoms with Gasteiger partial charge in [0.05, 0.1) is 10.5 Å². The molecule has 0 saturated heterocycles. The molecule has 0 aliphatic heterocycles. The Hall–Kier alpha value is -1.96. The van der Waals surface area contributed by atoms with Gasteiger partial charge in [0.2, 0.25) is 0 Å². The van der Waals surface area contributed by atoms with Crippen LogP contribution in [0.4, 0.5) is 5.00 Å². The molecule has 1 atom stereocenters. The Morgan fingerprint density at radius 1 is 1.58 bits per heavy atom. The molecule has 0 radical (unpaired) electrons. The molecule has 8 heteroatoms. The average molecular weight is 286 g/mol. The fraction of sp³-hybridized carbons (Fsp3) is 0.455. The summed E-state index contributed by atoms with van der Waals surface area (Å²) in [6.45, 7) is 1.76. The molecule has 0 aliphatic carbocycles. The molecule has 1 rings (SSSR count). The summed E-state index contributed by atoms with van der Waals surface area (Å²) in [5.41, 5.74) is 0.252. The molecule has 0 fully saturated rings. The zero-order valence-electron chi connectivity index (χ0n) is 10.3. The van der Waals surface area contributed by atoms with Crippen molar-refractivity contribution in [3.05, 3.63) is 27.1 Å². The Balaban J connectivity index is 2.45. The molecule has 0 saturated carbocycles. The number of nitrogens with zero attached hydrogens (tertiary/aromatic N) is 1. The molecule has 0 aromatic carbocycles. The number of rotatable bonds is 7. The van der Waals surface area contributed by atoms with Crippen molar-refractivity contribution in [3.63, 3.8) is 0 Å². The first-order valence-electron chi connectivity index (χ1n) is 5.65. The van der Waals surface area contributed by atoms with Crippen molar-refractivity contribution in [2.45, 2.75) is 32.2 Å². The Morgan fingerprint density at radius 3 is 2.79 bits per heavy atom. The van der Waals surface area contributed by atoms with E-state index >= 15 is 0 Å². The monoisotopic (exact) mass is 286 g/mol. The first kappa shape index (κ1) is 15.1. The summed E-state index contributed by atoms with van der Waals surface area (Å²) in [6.07, 6.45) is 1.08. The second-order valence-electron chi connectivity index (χ2n) is 4.09. The molecule has 0 aliphatic rings. The van der Waals surface area contributed by atoms with Crippen LogP contribution in [0.15, 0.2) is 11.4 Å². The Bertz CT molecular complexity index is 485. The Labute approximate surface area is 113 Å². The lowest BCUT2D eigenvalue weighted by atomic mass is 10.1. The molecule has 1 amide bonds. The van der Waals surface area contributed by atoms with Crippen molar-refractivity contribution >= 4 is 28.2 Å². The first-order chi connectivity index (χ1) is 8.90. The van der Waals surface area contributed by atoms with Gasteiger partial charge in [0.25, 0.3) is 5.91 Å². The van der Waals surface area contributed by atoms with Gasteiger partial charge in [0, 0.05) is 23.9 Å².